The molecule has 206 valence electrons. The maximum atomic E-state index is 13.9. The molecule has 0 bridgehead atoms. The minimum atomic E-state index is -0.565. The number of ether oxygens (including phenoxy) is 2. The number of carbonyl (C=O) groups excluding carboxylic acids is 2. The number of hydrogen-bond donors (Lipinski definition) is 2. The highest BCUT2D eigenvalue weighted by molar-refractivity contribution is 6.04. The van der Waals surface area contributed by atoms with Gasteiger partial charge in [0.25, 0.3) is 11.8 Å². The fourth-order valence-electron chi connectivity index (χ4n) is 5.24. The van der Waals surface area contributed by atoms with Crippen molar-refractivity contribution in [3.8, 4) is 22.6 Å². The summed E-state index contributed by atoms with van der Waals surface area (Å²) in [6.07, 6.45) is 0.739. The van der Waals surface area contributed by atoms with Gasteiger partial charge in [0, 0.05) is 29.7 Å². The second-order valence-electron chi connectivity index (χ2n) is 9.95. The van der Waals surface area contributed by atoms with Gasteiger partial charge >= 0.3 is 0 Å². The molecule has 1 aliphatic rings. The van der Waals surface area contributed by atoms with Crippen LogP contribution in [0.25, 0.3) is 22.0 Å². The number of methoxy groups -OCH3 is 2. The number of hydrogen-bond acceptors (Lipinski definition) is 4. The lowest BCUT2D eigenvalue weighted by atomic mass is 9.98. The molecule has 0 aliphatic carbocycles. The summed E-state index contributed by atoms with van der Waals surface area (Å²) in [5.41, 5.74) is 6.09. The Bertz CT molecular complexity index is 1780. The molecule has 0 saturated carbocycles. The van der Waals surface area contributed by atoms with Crippen LogP contribution >= 0.6 is 0 Å². The monoisotopic (exact) mass is 549 g/mol. The summed E-state index contributed by atoms with van der Waals surface area (Å²) in [6.45, 7) is 1.11. The molecule has 2 N–H and O–H groups in total. The number of benzene rings is 4. The van der Waals surface area contributed by atoms with E-state index in [0.29, 0.717) is 36.0 Å². The van der Waals surface area contributed by atoms with Gasteiger partial charge in [-0.05, 0) is 83.3 Å². The maximum Gasteiger partial charge on any atom is 0.270 e. The number of anilines is 1. The minimum absolute atomic E-state index is 0.00597. The van der Waals surface area contributed by atoms with E-state index in [1.54, 1.807) is 38.5 Å². The van der Waals surface area contributed by atoms with E-state index in [4.69, 9.17) is 9.47 Å². The molecule has 2 heterocycles. The first-order valence-electron chi connectivity index (χ1n) is 13.3. The summed E-state index contributed by atoms with van der Waals surface area (Å²) in [5, 5.41) is 3.66. The third-order valence-electron chi connectivity index (χ3n) is 7.45. The van der Waals surface area contributed by atoms with Crippen LogP contribution in [0.3, 0.4) is 0 Å². The van der Waals surface area contributed by atoms with Gasteiger partial charge in [-0.25, -0.2) is 4.39 Å². The van der Waals surface area contributed by atoms with E-state index in [1.807, 2.05) is 53.4 Å². The molecule has 2 amide bonds. The molecule has 5 aromatic rings. The maximum absolute atomic E-state index is 13.9. The highest BCUT2D eigenvalue weighted by Crippen LogP contribution is 2.34. The second kappa shape index (κ2) is 10.8. The summed E-state index contributed by atoms with van der Waals surface area (Å²) in [7, 11) is 3.23. The van der Waals surface area contributed by atoms with Crippen molar-refractivity contribution < 1.29 is 23.5 Å². The first-order chi connectivity index (χ1) is 19.9. The lowest BCUT2D eigenvalue weighted by Gasteiger charge is -2.29. The summed E-state index contributed by atoms with van der Waals surface area (Å²) >= 11 is 0. The van der Waals surface area contributed by atoms with Gasteiger partial charge in [0.15, 0.2) is 11.5 Å². The molecule has 0 unspecified atom stereocenters. The molecule has 0 atom stereocenters. The Labute approximate surface area is 236 Å². The Balaban J connectivity index is 1.18. The summed E-state index contributed by atoms with van der Waals surface area (Å²) in [4.78, 5) is 31.0. The van der Waals surface area contributed by atoms with Crippen LogP contribution < -0.4 is 14.8 Å². The summed E-state index contributed by atoms with van der Waals surface area (Å²) in [6, 6.07) is 25.0. The molecular formula is C33H28FN3O4. The van der Waals surface area contributed by atoms with E-state index in [-0.39, 0.29) is 11.5 Å². The quantitative estimate of drug-likeness (QED) is 0.255. The average Bonchev–Trinajstić information content (AvgIpc) is 3.44. The van der Waals surface area contributed by atoms with Crippen LogP contribution in [0.1, 0.15) is 32.0 Å². The Kier molecular flexibility index (Phi) is 6.89. The molecule has 1 aliphatic heterocycles. The fraction of sp³-hybridized carbons (Fsp3) is 0.152. The van der Waals surface area contributed by atoms with Crippen molar-refractivity contribution in [2.24, 2.45) is 0 Å². The number of nitrogens with one attached hydrogen (secondary N) is 2. The molecule has 41 heavy (non-hydrogen) atoms. The van der Waals surface area contributed by atoms with Crippen molar-refractivity contribution in [1.29, 1.82) is 0 Å². The molecule has 0 saturated heterocycles. The number of amides is 2. The first kappa shape index (κ1) is 26.1. The zero-order chi connectivity index (χ0) is 28.5. The predicted molar refractivity (Wildman–Crippen MR) is 156 cm³/mol. The zero-order valence-corrected chi connectivity index (χ0v) is 22.7. The van der Waals surface area contributed by atoms with E-state index in [0.717, 1.165) is 39.6 Å². The molecule has 0 spiro atoms. The van der Waals surface area contributed by atoms with Crippen molar-refractivity contribution in [1.82, 2.24) is 9.88 Å². The largest absolute Gasteiger partial charge is 0.493 e. The van der Waals surface area contributed by atoms with Crippen LogP contribution in [0.2, 0.25) is 0 Å². The number of halogens is 1. The molecular weight excluding hydrogens is 521 g/mol. The standard InChI is InChI=1S/C33H28FN3O4/c1-40-30-17-22-13-14-37(19-24(22)18-31(30)41-2)33(39)29-16-23-15-21(9-12-28(23)36-29)20-7-10-25(11-8-20)35-32(38)26-5-3-4-6-27(26)34/h3-12,15-18,36H,13-14,19H2,1-2H3,(H,35,38). The van der Waals surface area contributed by atoms with E-state index < -0.39 is 11.7 Å². The lowest BCUT2D eigenvalue weighted by molar-refractivity contribution is 0.0729. The molecule has 4 aromatic carbocycles. The lowest BCUT2D eigenvalue weighted by Crippen LogP contribution is -2.36. The third-order valence-corrected chi connectivity index (χ3v) is 7.45. The molecule has 7 nitrogen and oxygen atoms in total. The van der Waals surface area contributed by atoms with Crippen molar-refractivity contribution in [3.05, 3.63) is 113 Å². The van der Waals surface area contributed by atoms with E-state index in [2.05, 4.69) is 10.3 Å². The number of nitrogens with zero attached hydrogens (tertiary/aromatic N) is 1. The number of aromatic nitrogens is 1. The highest BCUT2D eigenvalue weighted by atomic mass is 19.1. The summed E-state index contributed by atoms with van der Waals surface area (Å²) < 4.78 is 24.8. The normalized spacial score (nSPS) is 12.6. The smallest absolute Gasteiger partial charge is 0.270 e. The zero-order valence-electron chi connectivity index (χ0n) is 22.7. The Hall–Kier alpha value is -5.11. The number of fused-ring (bicyclic) bond motifs is 2. The minimum Gasteiger partial charge on any atom is -0.493 e. The van der Waals surface area contributed by atoms with Crippen LogP contribution in [0.5, 0.6) is 11.5 Å². The van der Waals surface area contributed by atoms with Gasteiger partial charge in [-0.3, -0.25) is 9.59 Å². The van der Waals surface area contributed by atoms with E-state index in [9.17, 15) is 14.0 Å². The number of carbonyl (C=O) groups is 2. The third kappa shape index (κ3) is 5.12. The Morgan fingerprint density at radius 1 is 0.854 bits per heavy atom. The Morgan fingerprint density at radius 2 is 1.56 bits per heavy atom. The van der Waals surface area contributed by atoms with Crippen LogP contribution in [-0.4, -0.2) is 42.5 Å². The van der Waals surface area contributed by atoms with Gasteiger partial charge in [0.05, 0.1) is 19.8 Å². The van der Waals surface area contributed by atoms with Gasteiger partial charge in [-0.15, -0.1) is 0 Å². The van der Waals surface area contributed by atoms with Gasteiger partial charge in [-0.1, -0.05) is 30.3 Å². The average molecular weight is 550 g/mol. The van der Waals surface area contributed by atoms with Crippen molar-refractivity contribution in [2.45, 2.75) is 13.0 Å². The predicted octanol–water partition coefficient (Wildman–Crippen LogP) is 6.44. The van der Waals surface area contributed by atoms with Crippen LogP contribution in [-0.2, 0) is 13.0 Å². The molecule has 1 aromatic heterocycles. The van der Waals surface area contributed by atoms with Crippen LogP contribution in [0.15, 0.2) is 84.9 Å². The van der Waals surface area contributed by atoms with Crippen LogP contribution in [0.4, 0.5) is 10.1 Å². The van der Waals surface area contributed by atoms with Gasteiger partial charge in [-0.2, -0.15) is 0 Å². The summed E-state index contributed by atoms with van der Waals surface area (Å²) in [5.74, 6) is 0.222. The number of aromatic amines is 1. The van der Waals surface area contributed by atoms with Gasteiger partial charge in [0.1, 0.15) is 11.5 Å². The van der Waals surface area contributed by atoms with Crippen molar-refractivity contribution in [3.63, 3.8) is 0 Å². The second-order valence-corrected chi connectivity index (χ2v) is 9.95. The molecule has 0 fully saturated rings. The fourth-order valence-corrected chi connectivity index (χ4v) is 5.24. The number of rotatable bonds is 6. The van der Waals surface area contributed by atoms with Gasteiger partial charge in [0.2, 0.25) is 0 Å². The number of H-pyrrole nitrogens is 1. The van der Waals surface area contributed by atoms with Gasteiger partial charge < -0.3 is 24.7 Å². The molecule has 6 rings (SSSR count). The Morgan fingerprint density at radius 3 is 2.29 bits per heavy atom. The molecule has 0 radical (unpaired) electrons. The van der Waals surface area contributed by atoms with Crippen molar-refractivity contribution >= 4 is 28.4 Å². The van der Waals surface area contributed by atoms with E-state index >= 15 is 0 Å². The van der Waals surface area contributed by atoms with E-state index in [1.165, 1.54) is 12.1 Å². The first-order valence-corrected chi connectivity index (χ1v) is 13.3. The topological polar surface area (TPSA) is 83.7 Å². The highest BCUT2D eigenvalue weighted by Gasteiger charge is 2.25. The van der Waals surface area contributed by atoms with Crippen LogP contribution in [0, 0.1) is 5.82 Å². The van der Waals surface area contributed by atoms with Crippen molar-refractivity contribution in [2.75, 3.05) is 26.1 Å². The SMILES string of the molecule is COc1cc2c(cc1OC)CN(C(=O)c1cc3cc(-c4ccc(NC(=O)c5ccccc5F)cc4)ccc3[nH]1)CC2. The molecule has 8 heteroatoms.